The lowest BCUT2D eigenvalue weighted by atomic mass is 10.2. The summed E-state index contributed by atoms with van der Waals surface area (Å²) in [6.45, 7) is 0. The van der Waals surface area contributed by atoms with Gasteiger partial charge in [0.1, 0.15) is 5.69 Å². The maximum atomic E-state index is 13.6. The van der Waals surface area contributed by atoms with Gasteiger partial charge in [-0.2, -0.15) is 0 Å². The van der Waals surface area contributed by atoms with Crippen molar-refractivity contribution in [1.82, 2.24) is 0 Å². The van der Waals surface area contributed by atoms with E-state index in [1.807, 2.05) is 22.6 Å². The Kier molecular flexibility index (Phi) is 4.44. The molecule has 0 aliphatic carbocycles. The molecular formula is C13H8ClF2IN2O. The second kappa shape index (κ2) is 5.92. The highest BCUT2D eigenvalue weighted by atomic mass is 127. The number of nitrogens with one attached hydrogen (secondary N) is 1. The van der Waals surface area contributed by atoms with E-state index < -0.39 is 17.5 Å². The molecule has 0 unspecified atom stereocenters. The molecule has 20 heavy (non-hydrogen) atoms. The van der Waals surface area contributed by atoms with Crippen molar-refractivity contribution in [1.29, 1.82) is 0 Å². The number of nitrogen functional groups attached to an aromatic ring is 1. The third-order valence-corrected chi connectivity index (χ3v) is 3.71. The number of rotatable bonds is 2. The van der Waals surface area contributed by atoms with Crippen LogP contribution >= 0.6 is 34.2 Å². The Hall–Kier alpha value is -1.41. The van der Waals surface area contributed by atoms with Gasteiger partial charge in [-0.25, -0.2) is 8.78 Å². The SMILES string of the molecule is Nc1ccc(F)c(F)c1NC(=O)c1cc(Cl)ccc1I. The van der Waals surface area contributed by atoms with Crippen LogP contribution in [0.3, 0.4) is 0 Å². The molecular weight excluding hydrogens is 401 g/mol. The molecule has 1 amide bonds. The minimum atomic E-state index is -1.20. The van der Waals surface area contributed by atoms with Gasteiger partial charge < -0.3 is 11.1 Å². The van der Waals surface area contributed by atoms with Crippen LogP contribution in [0.15, 0.2) is 30.3 Å². The number of nitrogens with two attached hydrogens (primary N) is 1. The van der Waals surface area contributed by atoms with Gasteiger partial charge in [-0.3, -0.25) is 4.79 Å². The number of hydrogen-bond donors (Lipinski definition) is 2. The van der Waals surface area contributed by atoms with Gasteiger partial charge >= 0.3 is 0 Å². The van der Waals surface area contributed by atoms with Gasteiger partial charge in [-0.1, -0.05) is 11.6 Å². The van der Waals surface area contributed by atoms with E-state index in [9.17, 15) is 13.6 Å². The van der Waals surface area contributed by atoms with E-state index in [2.05, 4.69) is 5.32 Å². The van der Waals surface area contributed by atoms with Gasteiger partial charge in [0.25, 0.3) is 5.91 Å². The maximum Gasteiger partial charge on any atom is 0.256 e. The first-order valence-electron chi connectivity index (χ1n) is 5.40. The number of carbonyl (C=O) groups excluding carboxylic acids is 1. The van der Waals surface area contributed by atoms with E-state index in [-0.39, 0.29) is 16.9 Å². The zero-order valence-electron chi connectivity index (χ0n) is 9.88. The predicted octanol–water partition coefficient (Wildman–Crippen LogP) is 4.06. The largest absolute Gasteiger partial charge is 0.397 e. The molecule has 0 atom stereocenters. The molecule has 2 aromatic carbocycles. The van der Waals surface area contributed by atoms with E-state index in [0.29, 0.717) is 8.59 Å². The highest BCUT2D eigenvalue weighted by molar-refractivity contribution is 14.1. The summed E-state index contributed by atoms with van der Waals surface area (Å²) in [6, 6.07) is 6.77. The lowest BCUT2D eigenvalue weighted by Crippen LogP contribution is -2.16. The summed E-state index contributed by atoms with van der Waals surface area (Å²) in [7, 11) is 0. The van der Waals surface area contributed by atoms with E-state index >= 15 is 0 Å². The van der Waals surface area contributed by atoms with Crippen molar-refractivity contribution in [2.24, 2.45) is 0 Å². The highest BCUT2D eigenvalue weighted by Crippen LogP contribution is 2.26. The lowest BCUT2D eigenvalue weighted by Gasteiger charge is -2.11. The fourth-order valence-electron chi connectivity index (χ4n) is 1.54. The van der Waals surface area contributed by atoms with Crippen LogP contribution in [0.25, 0.3) is 0 Å². The van der Waals surface area contributed by atoms with Gasteiger partial charge in [-0.05, 0) is 52.9 Å². The molecule has 0 radical (unpaired) electrons. The van der Waals surface area contributed by atoms with Gasteiger partial charge in [0.05, 0.1) is 11.3 Å². The van der Waals surface area contributed by atoms with E-state index in [4.69, 9.17) is 17.3 Å². The van der Waals surface area contributed by atoms with Crippen LogP contribution in [-0.4, -0.2) is 5.91 Å². The molecule has 2 aromatic rings. The summed E-state index contributed by atoms with van der Waals surface area (Å²) in [4.78, 5) is 12.1. The second-order valence-electron chi connectivity index (χ2n) is 3.90. The average molecular weight is 409 g/mol. The molecule has 3 N–H and O–H groups in total. The molecule has 0 saturated carbocycles. The van der Waals surface area contributed by atoms with Crippen molar-refractivity contribution in [2.45, 2.75) is 0 Å². The van der Waals surface area contributed by atoms with E-state index in [0.717, 1.165) is 6.07 Å². The van der Waals surface area contributed by atoms with Crippen LogP contribution in [0, 0.1) is 15.2 Å². The zero-order valence-corrected chi connectivity index (χ0v) is 12.8. The number of halogens is 4. The van der Waals surface area contributed by atoms with Crippen LogP contribution in [0.4, 0.5) is 20.2 Å². The van der Waals surface area contributed by atoms with Gasteiger partial charge in [0.2, 0.25) is 0 Å². The number of amides is 1. The van der Waals surface area contributed by atoms with Crippen molar-refractivity contribution in [2.75, 3.05) is 11.1 Å². The Morgan fingerprint density at radius 3 is 2.65 bits per heavy atom. The normalized spacial score (nSPS) is 10.4. The quantitative estimate of drug-likeness (QED) is 0.582. The average Bonchev–Trinajstić information content (AvgIpc) is 2.41. The standard InChI is InChI=1S/C13H8ClF2IN2O/c14-6-1-3-9(17)7(5-6)13(20)19-12-10(18)4-2-8(15)11(12)16/h1-5H,18H2,(H,19,20). The van der Waals surface area contributed by atoms with Crippen LogP contribution < -0.4 is 11.1 Å². The summed E-state index contributed by atoms with van der Waals surface area (Å²) in [5, 5.41) is 2.63. The molecule has 104 valence electrons. The Balaban J connectivity index is 2.38. The summed E-state index contributed by atoms with van der Waals surface area (Å²) in [5.41, 5.74) is 5.34. The van der Waals surface area contributed by atoms with Crippen LogP contribution in [0.1, 0.15) is 10.4 Å². The number of anilines is 2. The first kappa shape index (κ1) is 15.0. The predicted molar refractivity (Wildman–Crippen MR) is 82.9 cm³/mol. The zero-order chi connectivity index (χ0) is 14.9. The first-order chi connectivity index (χ1) is 9.40. The minimum absolute atomic E-state index is 0.0608. The molecule has 3 nitrogen and oxygen atoms in total. The van der Waals surface area contributed by atoms with Gasteiger partial charge in [-0.15, -0.1) is 0 Å². The minimum Gasteiger partial charge on any atom is -0.397 e. The second-order valence-corrected chi connectivity index (χ2v) is 5.50. The number of hydrogen-bond acceptors (Lipinski definition) is 2. The Bertz CT molecular complexity index is 694. The smallest absolute Gasteiger partial charge is 0.256 e. The Morgan fingerprint density at radius 1 is 1.25 bits per heavy atom. The third-order valence-electron chi connectivity index (χ3n) is 2.54. The molecule has 0 spiro atoms. The molecule has 0 aliphatic rings. The van der Waals surface area contributed by atoms with Crippen molar-refractivity contribution >= 4 is 51.5 Å². The molecule has 0 heterocycles. The number of carbonyl (C=O) groups is 1. The van der Waals surface area contributed by atoms with Gasteiger partial charge in [0.15, 0.2) is 11.6 Å². The summed E-state index contributed by atoms with van der Waals surface area (Å²) in [6.07, 6.45) is 0. The third kappa shape index (κ3) is 3.01. The first-order valence-corrected chi connectivity index (χ1v) is 6.85. The Morgan fingerprint density at radius 2 is 1.95 bits per heavy atom. The van der Waals surface area contributed by atoms with Crippen molar-refractivity contribution < 1.29 is 13.6 Å². The molecule has 0 aromatic heterocycles. The lowest BCUT2D eigenvalue weighted by molar-refractivity contribution is 0.102. The van der Waals surface area contributed by atoms with E-state index in [1.54, 1.807) is 12.1 Å². The van der Waals surface area contributed by atoms with Crippen molar-refractivity contribution in [3.05, 3.63) is 56.1 Å². The molecule has 2 rings (SSSR count). The fourth-order valence-corrected chi connectivity index (χ4v) is 2.30. The monoisotopic (exact) mass is 408 g/mol. The topological polar surface area (TPSA) is 55.1 Å². The maximum absolute atomic E-state index is 13.6. The fraction of sp³-hybridized carbons (Fsp3) is 0. The molecule has 0 bridgehead atoms. The highest BCUT2D eigenvalue weighted by Gasteiger charge is 2.17. The summed E-state index contributed by atoms with van der Waals surface area (Å²) < 4.78 is 27.4. The van der Waals surface area contributed by atoms with E-state index in [1.165, 1.54) is 12.1 Å². The molecule has 0 saturated heterocycles. The van der Waals surface area contributed by atoms with Crippen LogP contribution in [0.5, 0.6) is 0 Å². The molecule has 7 heteroatoms. The number of benzene rings is 2. The summed E-state index contributed by atoms with van der Waals surface area (Å²) >= 11 is 7.75. The Labute approximate surface area is 132 Å². The van der Waals surface area contributed by atoms with Crippen LogP contribution in [0.2, 0.25) is 5.02 Å². The van der Waals surface area contributed by atoms with Gasteiger partial charge in [0, 0.05) is 8.59 Å². The van der Waals surface area contributed by atoms with Crippen molar-refractivity contribution in [3.8, 4) is 0 Å². The summed E-state index contributed by atoms with van der Waals surface area (Å²) in [5.74, 6) is -2.90. The molecule has 0 aliphatic heterocycles. The van der Waals surface area contributed by atoms with Crippen LogP contribution in [-0.2, 0) is 0 Å². The molecule has 0 fully saturated rings. The van der Waals surface area contributed by atoms with Crippen molar-refractivity contribution in [3.63, 3.8) is 0 Å².